The van der Waals surface area contributed by atoms with Crippen LogP contribution in [0.3, 0.4) is 0 Å². The average Bonchev–Trinajstić information content (AvgIpc) is 3.50. The molecule has 0 amide bonds. The molecule has 1 heterocycles. The molecule has 9 atom stereocenters. The molecule has 0 aromatic heterocycles. The number of fused-ring (bicyclic) bond motifs is 7. The van der Waals surface area contributed by atoms with E-state index in [1.54, 1.807) is 0 Å². The van der Waals surface area contributed by atoms with E-state index in [0.29, 0.717) is 19.3 Å². The highest BCUT2D eigenvalue weighted by molar-refractivity contribution is 5.91. The van der Waals surface area contributed by atoms with E-state index in [1.165, 1.54) is 5.56 Å². The van der Waals surface area contributed by atoms with E-state index in [1.807, 2.05) is 74.5 Å². The Morgan fingerprint density at radius 1 is 1.11 bits per heavy atom. The van der Waals surface area contributed by atoms with Crippen LogP contribution in [0.1, 0.15) is 62.5 Å². The number of aliphatic hydroxyl groups excluding tert-OH is 2. The summed E-state index contributed by atoms with van der Waals surface area (Å²) >= 11 is 0. The zero-order valence-electron chi connectivity index (χ0n) is 25.5. The Hall–Kier alpha value is -3.10. The van der Waals surface area contributed by atoms with Crippen LogP contribution < -0.4 is 5.73 Å². The molecule has 3 saturated carbocycles. The molecule has 2 aromatic rings. The van der Waals surface area contributed by atoms with Gasteiger partial charge in [-0.2, -0.15) is 0 Å². The summed E-state index contributed by atoms with van der Waals surface area (Å²) in [5.41, 5.74) is 6.26. The highest BCUT2D eigenvalue weighted by Gasteiger charge is 2.79. The van der Waals surface area contributed by atoms with Crippen molar-refractivity contribution in [2.75, 3.05) is 12.3 Å². The van der Waals surface area contributed by atoms with E-state index in [0.717, 1.165) is 40.8 Å². The number of ketones is 1. The fraction of sp³-hybridized carbons (Fsp3) is 0.486. The molecule has 0 bridgehead atoms. The Kier molecular flexibility index (Phi) is 6.87. The van der Waals surface area contributed by atoms with Crippen LogP contribution in [0.25, 0.3) is 0 Å². The van der Waals surface area contributed by atoms with E-state index in [4.69, 9.17) is 15.2 Å². The number of aliphatic hydroxyl groups is 2. The number of rotatable bonds is 6. The third-order valence-electron chi connectivity index (χ3n) is 11.9. The van der Waals surface area contributed by atoms with Gasteiger partial charge in [0.2, 0.25) is 0 Å². The second-order valence-electron chi connectivity index (χ2n) is 14.1. The minimum Gasteiger partial charge on any atom is -0.399 e. The molecule has 4 fully saturated rings. The summed E-state index contributed by atoms with van der Waals surface area (Å²) < 4.78 is 30.8. The summed E-state index contributed by atoms with van der Waals surface area (Å²) in [5, 5.41) is 22.0. The van der Waals surface area contributed by atoms with Crippen molar-refractivity contribution in [2.45, 2.75) is 82.1 Å². The molecule has 7 heteroatoms. The average molecular weight is 600 g/mol. The Labute approximate surface area is 258 Å². The van der Waals surface area contributed by atoms with Crippen LogP contribution in [0, 0.1) is 22.7 Å². The number of hydrogen-bond donors (Lipinski definition) is 3. The highest BCUT2D eigenvalue weighted by atomic mass is 19.1. The summed E-state index contributed by atoms with van der Waals surface area (Å²) in [6.07, 6.45) is 6.26. The number of carbonyl (C=O) groups is 1. The Balaban J connectivity index is 1.16. The van der Waals surface area contributed by atoms with Crippen LogP contribution in [0.2, 0.25) is 0 Å². The maximum Gasteiger partial charge on any atom is 0.193 e. The minimum atomic E-state index is -1.92. The third-order valence-corrected chi connectivity index (χ3v) is 11.9. The Morgan fingerprint density at radius 3 is 2.59 bits per heavy atom. The number of allylic oxidation sites excluding steroid dienone is 5. The number of nitrogens with two attached hydrogens (primary N) is 1. The molecule has 7 rings (SSSR count). The van der Waals surface area contributed by atoms with E-state index in [2.05, 4.69) is 12.6 Å². The smallest absolute Gasteiger partial charge is 0.193 e. The molecule has 1 saturated heterocycles. The molecular formula is C37H42FNO5. The predicted molar refractivity (Wildman–Crippen MR) is 166 cm³/mol. The molecule has 0 radical (unpaired) electrons. The van der Waals surface area contributed by atoms with Gasteiger partial charge < -0.3 is 25.4 Å². The Morgan fingerprint density at radius 2 is 1.86 bits per heavy atom. The summed E-state index contributed by atoms with van der Waals surface area (Å²) in [7, 11) is 0. The normalized spacial score (nSPS) is 40.5. The van der Waals surface area contributed by atoms with Crippen LogP contribution in [-0.4, -0.2) is 46.1 Å². The van der Waals surface area contributed by atoms with E-state index < -0.39 is 58.9 Å². The standard InChI is InChI=1S/C37H42FNO5/c1-22-15-16-34(2)26(17-22)13-14-28-29-19-32-37(31(42)21-40,35(29,3)20-30(41)36(28,34)38)44-33(43-32)25-11-9-23(10-12-25)7-8-24-5-4-6-27(39)18-24/h4-6,9-12,15-18,28-30,32-33,40-41H,1,7-8,13-14,19-21,39H2,2-3H3/t28-,29-,30-,32+,33+,34-,35-,36-,37+/m0/s1. The number of ether oxygens (including phenoxy) is 2. The molecule has 2 aromatic carbocycles. The maximum absolute atomic E-state index is 17.6. The van der Waals surface area contributed by atoms with Gasteiger partial charge in [0.15, 0.2) is 23.3 Å². The first-order valence-electron chi connectivity index (χ1n) is 15.8. The van der Waals surface area contributed by atoms with Crippen molar-refractivity contribution in [3.8, 4) is 0 Å². The number of anilines is 1. The zero-order valence-corrected chi connectivity index (χ0v) is 25.5. The molecule has 44 heavy (non-hydrogen) atoms. The molecule has 0 spiro atoms. The van der Waals surface area contributed by atoms with Crippen molar-refractivity contribution in [1.29, 1.82) is 0 Å². The van der Waals surface area contributed by atoms with Gasteiger partial charge in [0.1, 0.15) is 6.61 Å². The first kappa shape index (κ1) is 29.6. The first-order chi connectivity index (χ1) is 21.0. The maximum atomic E-state index is 17.6. The van der Waals surface area contributed by atoms with E-state index in [9.17, 15) is 15.0 Å². The van der Waals surface area contributed by atoms with Crippen LogP contribution in [0.5, 0.6) is 0 Å². The van der Waals surface area contributed by atoms with Crippen molar-refractivity contribution in [1.82, 2.24) is 0 Å². The quantitative estimate of drug-likeness (QED) is 0.367. The van der Waals surface area contributed by atoms with Gasteiger partial charge in [0.05, 0.1) is 12.2 Å². The van der Waals surface area contributed by atoms with Crippen LogP contribution in [0.15, 0.2) is 84.5 Å². The number of Topliss-reactive ketones (excluding diaryl/α,β-unsaturated/α-hetero) is 1. The number of alkyl halides is 1. The van der Waals surface area contributed by atoms with Crippen molar-refractivity contribution in [3.05, 3.63) is 101 Å². The van der Waals surface area contributed by atoms with Crippen LogP contribution in [-0.2, 0) is 27.1 Å². The van der Waals surface area contributed by atoms with Gasteiger partial charge >= 0.3 is 0 Å². The second kappa shape index (κ2) is 10.2. The summed E-state index contributed by atoms with van der Waals surface area (Å²) in [6, 6.07) is 15.9. The van der Waals surface area contributed by atoms with Gasteiger partial charge in [-0.25, -0.2) is 4.39 Å². The Bertz CT molecular complexity index is 1570. The summed E-state index contributed by atoms with van der Waals surface area (Å²) in [4.78, 5) is 13.8. The van der Waals surface area contributed by atoms with Crippen molar-refractivity contribution in [2.24, 2.45) is 22.7 Å². The third kappa shape index (κ3) is 3.95. The fourth-order valence-corrected chi connectivity index (χ4v) is 9.68. The number of carbonyl (C=O) groups excluding carboxylic acids is 1. The summed E-state index contributed by atoms with van der Waals surface area (Å²) in [5.74, 6) is -1.25. The van der Waals surface area contributed by atoms with Gasteiger partial charge in [-0.15, -0.1) is 0 Å². The lowest BCUT2D eigenvalue weighted by atomic mass is 9.44. The molecule has 4 N–H and O–H groups in total. The molecular weight excluding hydrogens is 557 g/mol. The first-order valence-corrected chi connectivity index (χ1v) is 15.8. The second-order valence-corrected chi connectivity index (χ2v) is 14.1. The van der Waals surface area contributed by atoms with Crippen molar-refractivity contribution >= 4 is 11.5 Å². The van der Waals surface area contributed by atoms with Crippen LogP contribution in [0.4, 0.5) is 10.1 Å². The van der Waals surface area contributed by atoms with Gasteiger partial charge in [0.25, 0.3) is 0 Å². The number of benzene rings is 2. The van der Waals surface area contributed by atoms with E-state index in [-0.39, 0.29) is 12.3 Å². The molecule has 4 aliphatic carbocycles. The lowest BCUT2D eigenvalue weighted by Crippen LogP contribution is -2.69. The van der Waals surface area contributed by atoms with Crippen LogP contribution >= 0.6 is 0 Å². The molecule has 232 valence electrons. The van der Waals surface area contributed by atoms with Gasteiger partial charge in [0, 0.05) is 28.0 Å². The largest absolute Gasteiger partial charge is 0.399 e. The predicted octanol–water partition coefficient (Wildman–Crippen LogP) is 5.74. The number of halogens is 1. The van der Waals surface area contributed by atoms with Crippen molar-refractivity contribution < 1.29 is 28.9 Å². The number of nitrogen functional groups attached to an aromatic ring is 1. The van der Waals surface area contributed by atoms with Gasteiger partial charge in [-0.05, 0) is 80.2 Å². The highest BCUT2D eigenvalue weighted by Crippen LogP contribution is 2.72. The SMILES string of the molecule is C=C1C=C[C@@]2(C)C(=C1)CC[C@H]1[C@@H]3C[C@H]4O[C@@H](c5ccc(CCc6cccc(N)c6)cc5)O[C@@]4(C(=O)CO)[C@@]3(C)C[C@H](O)[C@@]12F. The van der Waals surface area contributed by atoms with Crippen molar-refractivity contribution in [3.63, 3.8) is 0 Å². The zero-order chi connectivity index (χ0) is 31.1. The molecule has 5 aliphatic rings. The minimum absolute atomic E-state index is 0.0313. The molecule has 1 aliphatic heterocycles. The lowest BCUT2D eigenvalue weighted by Gasteiger charge is -2.62. The van der Waals surface area contributed by atoms with E-state index >= 15 is 4.39 Å². The monoisotopic (exact) mass is 599 g/mol. The topological polar surface area (TPSA) is 102 Å². The number of aryl methyl sites for hydroxylation is 2. The lowest BCUT2D eigenvalue weighted by molar-refractivity contribution is -0.231. The van der Waals surface area contributed by atoms with Gasteiger partial charge in [-0.3, -0.25) is 4.79 Å². The number of hydrogen-bond acceptors (Lipinski definition) is 6. The molecule has 0 unspecified atom stereocenters. The van der Waals surface area contributed by atoms with Gasteiger partial charge in [-0.1, -0.05) is 73.7 Å². The fourth-order valence-electron chi connectivity index (χ4n) is 9.68. The summed E-state index contributed by atoms with van der Waals surface area (Å²) in [6.45, 7) is 7.14. The molecule has 6 nitrogen and oxygen atoms in total.